The van der Waals surface area contributed by atoms with Crippen LogP contribution in [-0.4, -0.2) is 20.5 Å². The molecule has 2 heterocycles. The number of aromatic carboxylic acids is 1. The van der Waals surface area contributed by atoms with E-state index in [2.05, 4.69) is 4.98 Å². The fourth-order valence-corrected chi connectivity index (χ4v) is 2.20. The Kier molecular flexibility index (Phi) is 2.75. The Hall–Kier alpha value is -2.69. The van der Waals surface area contributed by atoms with Crippen LogP contribution in [0.1, 0.15) is 16.1 Å². The summed E-state index contributed by atoms with van der Waals surface area (Å²) in [4.78, 5) is 15.8. The lowest BCUT2D eigenvalue weighted by Gasteiger charge is -2.02. The number of pyridine rings is 1. The third-order valence-corrected chi connectivity index (χ3v) is 3.10. The van der Waals surface area contributed by atoms with E-state index >= 15 is 0 Å². The third kappa shape index (κ3) is 1.84. The summed E-state index contributed by atoms with van der Waals surface area (Å²) < 4.78 is 15.4. The second-order valence-corrected chi connectivity index (χ2v) is 4.53. The predicted molar refractivity (Wildman–Crippen MR) is 72.3 cm³/mol. The summed E-state index contributed by atoms with van der Waals surface area (Å²) in [7, 11) is 0. The molecule has 0 atom stereocenters. The Morgan fingerprint density at radius 3 is 2.70 bits per heavy atom. The number of nitrogens with zero attached hydrogens (tertiary/aromatic N) is 2. The average Bonchev–Trinajstić information content (AvgIpc) is 2.77. The van der Waals surface area contributed by atoms with Crippen LogP contribution in [0.25, 0.3) is 16.9 Å². The first-order valence-electron chi connectivity index (χ1n) is 6.05. The van der Waals surface area contributed by atoms with E-state index in [1.54, 1.807) is 24.4 Å². The molecule has 0 aliphatic carbocycles. The molecule has 100 valence electrons. The van der Waals surface area contributed by atoms with Gasteiger partial charge in [0.2, 0.25) is 0 Å². The van der Waals surface area contributed by atoms with Crippen LogP contribution in [0.15, 0.2) is 42.6 Å². The van der Waals surface area contributed by atoms with Gasteiger partial charge in [0.1, 0.15) is 17.2 Å². The maximum atomic E-state index is 13.9. The van der Waals surface area contributed by atoms with Crippen LogP contribution in [0.2, 0.25) is 0 Å². The van der Waals surface area contributed by atoms with E-state index in [0.717, 1.165) is 5.56 Å². The number of aryl methyl sites for hydroxylation is 1. The lowest BCUT2D eigenvalue weighted by molar-refractivity contribution is 0.0690. The molecule has 2 aromatic heterocycles. The molecule has 0 radical (unpaired) electrons. The molecule has 3 rings (SSSR count). The van der Waals surface area contributed by atoms with E-state index in [1.165, 1.54) is 16.5 Å². The van der Waals surface area contributed by atoms with Crippen LogP contribution in [0.3, 0.4) is 0 Å². The molecule has 1 aromatic carbocycles. The fourth-order valence-electron chi connectivity index (χ4n) is 2.20. The number of carbonyl (C=O) groups is 1. The molecule has 0 aliphatic rings. The molecular formula is C15H11FN2O2. The molecule has 3 aromatic rings. The van der Waals surface area contributed by atoms with E-state index in [-0.39, 0.29) is 17.0 Å². The number of benzene rings is 1. The first-order valence-corrected chi connectivity index (χ1v) is 6.05. The van der Waals surface area contributed by atoms with Crippen molar-refractivity contribution in [2.45, 2.75) is 6.92 Å². The molecule has 0 spiro atoms. The van der Waals surface area contributed by atoms with Crippen LogP contribution < -0.4 is 0 Å². The molecule has 0 bridgehead atoms. The zero-order chi connectivity index (χ0) is 14.3. The minimum Gasteiger partial charge on any atom is -0.476 e. The average molecular weight is 270 g/mol. The Morgan fingerprint density at radius 2 is 2.00 bits per heavy atom. The summed E-state index contributed by atoms with van der Waals surface area (Å²) in [5.41, 5.74) is 1.67. The van der Waals surface area contributed by atoms with Crippen LogP contribution in [-0.2, 0) is 0 Å². The number of halogens is 1. The SMILES string of the molecule is Cc1ccc2nc(-c3ccccc3F)c(C(=O)O)n2c1. The standard InChI is InChI=1S/C15H11FN2O2/c1-9-6-7-12-17-13(10-4-2-3-5-11(10)16)14(15(19)20)18(12)8-9/h2-8H,1H3,(H,19,20). The fraction of sp³-hybridized carbons (Fsp3) is 0.0667. The van der Waals surface area contributed by atoms with Crippen molar-refractivity contribution in [3.63, 3.8) is 0 Å². The van der Waals surface area contributed by atoms with Gasteiger partial charge in [0, 0.05) is 11.8 Å². The number of aromatic nitrogens is 2. The summed E-state index contributed by atoms with van der Waals surface area (Å²) >= 11 is 0. The lowest BCUT2D eigenvalue weighted by atomic mass is 10.1. The van der Waals surface area contributed by atoms with Crippen molar-refractivity contribution < 1.29 is 14.3 Å². The number of fused-ring (bicyclic) bond motifs is 1. The van der Waals surface area contributed by atoms with Crippen molar-refractivity contribution >= 4 is 11.6 Å². The van der Waals surface area contributed by atoms with Gasteiger partial charge in [-0.05, 0) is 30.7 Å². The van der Waals surface area contributed by atoms with Crippen LogP contribution in [0.4, 0.5) is 4.39 Å². The van der Waals surface area contributed by atoms with Gasteiger partial charge in [0.15, 0.2) is 5.69 Å². The second kappa shape index (κ2) is 4.45. The quantitative estimate of drug-likeness (QED) is 0.778. The minimum atomic E-state index is -1.14. The number of carboxylic acids is 1. The van der Waals surface area contributed by atoms with Gasteiger partial charge in [-0.1, -0.05) is 18.2 Å². The minimum absolute atomic E-state index is 0.0335. The number of carboxylic acid groups (broad SMARTS) is 1. The first kappa shape index (κ1) is 12.3. The summed E-state index contributed by atoms with van der Waals surface area (Å²) in [5, 5.41) is 9.41. The molecule has 5 heteroatoms. The summed E-state index contributed by atoms with van der Waals surface area (Å²) in [6.07, 6.45) is 1.68. The number of hydrogen-bond donors (Lipinski definition) is 1. The zero-order valence-corrected chi connectivity index (χ0v) is 10.7. The molecule has 0 amide bonds. The Balaban J connectivity index is 2.39. The topological polar surface area (TPSA) is 54.6 Å². The van der Waals surface area contributed by atoms with Crippen LogP contribution in [0.5, 0.6) is 0 Å². The van der Waals surface area contributed by atoms with Gasteiger partial charge < -0.3 is 5.11 Å². The van der Waals surface area contributed by atoms with Gasteiger partial charge >= 0.3 is 5.97 Å². The number of rotatable bonds is 2. The molecule has 0 saturated carbocycles. The van der Waals surface area contributed by atoms with E-state index < -0.39 is 11.8 Å². The highest BCUT2D eigenvalue weighted by atomic mass is 19.1. The van der Waals surface area contributed by atoms with Gasteiger partial charge in [-0.15, -0.1) is 0 Å². The van der Waals surface area contributed by atoms with Gasteiger partial charge in [-0.2, -0.15) is 0 Å². The Bertz CT molecular complexity index is 824. The number of imidazole rings is 1. The van der Waals surface area contributed by atoms with E-state index in [1.807, 2.05) is 13.0 Å². The summed E-state index contributed by atoms with van der Waals surface area (Å²) in [5.74, 6) is -1.63. The van der Waals surface area contributed by atoms with E-state index in [4.69, 9.17) is 0 Å². The lowest BCUT2D eigenvalue weighted by Crippen LogP contribution is -2.04. The van der Waals surface area contributed by atoms with Gasteiger partial charge in [0.25, 0.3) is 0 Å². The van der Waals surface area contributed by atoms with Crippen molar-refractivity contribution in [2.24, 2.45) is 0 Å². The molecule has 0 aliphatic heterocycles. The zero-order valence-electron chi connectivity index (χ0n) is 10.7. The second-order valence-electron chi connectivity index (χ2n) is 4.53. The molecule has 0 fully saturated rings. The number of hydrogen-bond acceptors (Lipinski definition) is 2. The van der Waals surface area contributed by atoms with Crippen molar-refractivity contribution in [3.05, 3.63) is 59.7 Å². The first-order chi connectivity index (χ1) is 9.58. The Labute approximate surface area is 114 Å². The van der Waals surface area contributed by atoms with E-state index in [9.17, 15) is 14.3 Å². The van der Waals surface area contributed by atoms with Gasteiger partial charge in [-0.3, -0.25) is 4.40 Å². The summed E-state index contributed by atoms with van der Waals surface area (Å²) in [6.45, 7) is 1.86. The molecule has 1 N–H and O–H groups in total. The molecule has 0 unspecified atom stereocenters. The molecule has 4 nitrogen and oxygen atoms in total. The molecule has 0 saturated heterocycles. The predicted octanol–water partition coefficient (Wildman–Crippen LogP) is 3.15. The Morgan fingerprint density at radius 1 is 1.25 bits per heavy atom. The smallest absolute Gasteiger partial charge is 0.355 e. The highest BCUT2D eigenvalue weighted by Crippen LogP contribution is 2.27. The van der Waals surface area contributed by atoms with Crippen molar-refractivity contribution in [3.8, 4) is 11.3 Å². The molecule has 20 heavy (non-hydrogen) atoms. The van der Waals surface area contributed by atoms with E-state index in [0.29, 0.717) is 5.65 Å². The van der Waals surface area contributed by atoms with Crippen molar-refractivity contribution in [2.75, 3.05) is 0 Å². The van der Waals surface area contributed by atoms with Crippen molar-refractivity contribution in [1.29, 1.82) is 0 Å². The summed E-state index contributed by atoms with van der Waals surface area (Å²) in [6, 6.07) is 9.57. The largest absolute Gasteiger partial charge is 0.476 e. The highest BCUT2D eigenvalue weighted by Gasteiger charge is 2.21. The molecular weight excluding hydrogens is 259 g/mol. The van der Waals surface area contributed by atoms with Gasteiger partial charge in [-0.25, -0.2) is 14.2 Å². The maximum Gasteiger partial charge on any atom is 0.355 e. The monoisotopic (exact) mass is 270 g/mol. The maximum absolute atomic E-state index is 13.9. The normalized spacial score (nSPS) is 10.9. The van der Waals surface area contributed by atoms with Crippen LogP contribution in [0, 0.1) is 12.7 Å². The highest BCUT2D eigenvalue weighted by molar-refractivity contribution is 5.94. The van der Waals surface area contributed by atoms with Crippen LogP contribution >= 0.6 is 0 Å². The van der Waals surface area contributed by atoms with Crippen molar-refractivity contribution in [1.82, 2.24) is 9.38 Å². The third-order valence-electron chi connectivity index (χ3n) is 3.10. The van der Waals surface area contributed by atoms with Gasteiger partial charge in [0.05, 0.1) is 0 Å².